The predicted octanol–water partition coefficient (Wildman–Crippen LogP) is 2.09. The quantitative estimate of drug-likeness (QED) is 0.495. The smallest absolute Gasteiger partial charge is 0.272 e. The van der Waals surface area contributed by atoms with Crippen LogP contribution in [0.3, 0.4) is 0 Å². The molecular weight excluding hydrogens is 456 g/mol. The van der Waals surface area contributed by atoms with E-state index < -0.39 is 28.4 Å². The largest absolute Gasteiger partial charge is 0.309 e. The molecule has 3 aromatic rings. The minimum Gasteiger partial charge on any atom is -0.272 e. The van der Waals surface area contributed by atoms with E-state index in [0.29, 0.717) is 5.82 Å². The summed E-state index contributed by atoms with van der Waals surface area (Å²) in [5, 5.41) is 4.28. The lowest BCUT2D eigenvalue weighted by molar-refractivity contribution is -0.121. The molecular formula is C23H28N6O4S. The molecule has 0 aliphatic rings. The number of nitrogens with zero attached hydrogens (tertiary/aromatic N) is 4. The predicted molar refractivity (Wildman–Crippen MR) is 127 cm³/mol. The highest BCUT2D eigenvalue weighted by Crippen LogP contribution is 2.23. The van der Waals surface area contributed by atoms with Crippen LogP contribution >= 0.6 is 0 Å². The molecule has 0 atom stereocenters. The topological polar surface area (TPSA) is 126 Å². The van der Waals surface area contributed by atoms with Gasteiger partial charge in [-0.1, -0.05) is 49.7 Å². The highest BCUT2D eigenvalue weighted by Gasteiger charge is 2.24. The van der Waals surface area contributed by atoms with Crippen molar-refractivity contribution < 1.29 is 18.0 Å². The van der Waals surface area contributed by atoms with Crippen molar-refractivity contribution in [2.24, 2.45) is 0 Å². The van der Waals surface area contributed by atoms with E-state index in [4.69, 9.17) is 0 Å². The third-order valence-electron chi connectivity index (χ3n) is 5.17. The molecule has 0 aliphatic heterocycles. The first-order valence-electron chi connectivity index (χ1n) is 10.7. The van der Waals surface area contributed by atoms with Crippen LogP contribution in [0, 0.1) is 13.8 Å². The second-order valence-corrected chi connectivity index (χ2v) is 10.2. The summed E-state index contributed by atoms with van der Waals surface area (Å²) >= 11 is 0. The van der Waals surface area contributed by atoms with E-state index in [-0.39, 0.29) is 16.6 Å². The summed E-state index contributed by atoms with van der Waals surface area (Å²) in [6, 6.07) is 14.0. The highest BCUT2D eigenvalue weighted by atomic mass is 32.2. The Bertz CT molecular complexity index is 1300. The number of rotatable bonds is 7. The average Bonchev–Trinajstić information content (AvgIpc) is 3.19. The van der Waals surface area contributed by atoms with Gasteiger partial charge in [0.15, 0.2) is 0 Å². The van der Waals surface area contributed by atoms with Gasteiger partial charge in [0.1, 0.15) is 5.82 Å². The lowest BCUT2D eigenvalue weighted by atomic mass is 10.0. The number of carbonyl (C=O) groups is 2. The number of likely N-dealkylation sites (N-methyl/N-ethyl adjacent to an activating group) is 1. The number of amides is 2. The van der Waals surface area contributed by atoms with Crippen LogP contribution in [0.2, 0.25) is 0 Å². The summed E-state index contributed by atoms with van der Waals surface area (Å²) in [7, 11) is -2.57. The average molecular weight is 485 g/mol. The van der Waals surface area contributed by atoms with Crippen molar-refractivity contribution in [2.45, 2.75) is 38.5 Å². The molecule has 1 aromatic heterocycles. The van der Waals surface area contributed by atoms with Crippen molar-refractivity contribution in [2.75, 3.05) is 13.6 Å². The highest BCUT2D eigenvalue weighted by molar-refractivity contribution is 7.89. The molecule has 0 radical (unpaired) electrons. The summed E-state index contributed by atoms with van der Waals surface area (Å²) in [6.45, 7) is 7.21. The molecule has 0 bridgehead atoms. The van der Waals surface area contributed by atoms with Crippen molar-refractivity contribution >= 4 is 21.8 Å². The zero-order chi connectivity index (χ0) is 25.0. The third-order valence-corrected chi connectivity index (χ3v) is 6.99. The van der Waals surface area contributed by atoms with Gasteiger partial charge in [0, 0.05) is 7.05 Å². The molecule has 10 nitrogen and oxygen atoms in total. The van der Waals surface area contributed by atoms with Crippen molar-refractivity contribution in [3.63, 3.8) is 0 Å². The van der Waals surface area contributed by atoms with E-state index >= 15 is 0 Å². The number of benzene rings is 2. The van der Waals surface area contributed by atoms with Crippen molar-refractivity contribution in [3.05, 3.63) is 71.3 Å². The van der Waals surface area contributed by atoms with Gasteiger partial charge in [-0.25, -0.2) is 18.1 Å². The number of nitrogens with one attached hydrogen (secondary N) is 2. The molecule has 0 fully saturated rings. The van der Waals surface area contributed by atoms with E-state index in [1.807, 2.05) is 31.2 Å². The number of para-hydroxylation sites is 1. The molecule has 2 amide bonds. The molecule has 0 aliphatic carbocycles. The van der Waals surface area contributed by atoms with E-state index in [1.54, 1.807) is 23.7 Å². The SMILES string of the molecule is Cc1ccc(S(=O)(=O)N(C)CC(=O)NNC(=O)c2nc(C)n(-c3ccccc3C(C)C)n2)cc1. The molecule has 2 aromatic carbocycles. The molecule has 0 spiro atoms. The standard InChI is InChI=1S/C23H28N6O4S/c1-15(2)19-8-6-7-9-20(19)29-17(4)24-22(27-29)23(31)26-25-21(30)14-28(5)34(32,33)18-12-10-16(3)11-13-18/h6-13,15H,14H2,1-5H3,(H,25,30)(H,26,31). The molecule has 2 N–H and O–H groups in total. The summed E-state index contributed by atoms with van der Waals surface area (Å²) < 4.78 is 27.7. The molecule has 3 rings (SSSR count). The van der Waals surface area contributed by atoms with Crippen LogP contribution in [0.15, 0.2) is 53.4 Å². The Morgan fingerprint density at radius 3 is 2.32 bits per heavy atom. The molecule has 0 unspecified atom stereocenters. The van der Waals surface area contributed by atoms with E-state index in [2.05, 4.69) is 34.8 Å². The van der Waals surface area contributed by atoms with Gasteiger partial charge in [0.2, 0.25) is 15.8 Å². The Morgan fingerprint density at radius 1 is 1.03 bits per heavy atom. The number of aryl methyl sites for hydroxylation is 2. The zero-order valence-electron chi connectivity index (χ0n) is 19.7. The Hall–Kier alpha value is -3.57. The van der Waals surface area contributed by atoms with Crippen LogP contribution in [0.25, 0.3) is 5.69 Å². The van der Waals surface area contributed by atoms with Gasteiger partial charge < -0.3 is 0 Å². The Balaban J connectivity index is 1.64. The maximum Gasteiger partial charge on any atom is 0.309 e. The van der Waals surface area contributed by atoms with Gasteiger partial charge in [0.25, 0.3) is 5.91 Å². The lowest BCUT2D eigenvalue weighted by Gasteiger charge is -2.17. The summed E-state index contributed by atoms with van der Waals surface area (Å²) in [5.74, 6) is -0.816. The molecule has 34 heavy (non-hydrogen) atoms. The number of aromatic nitrogens is 3. The van der Waals surface area contributed by atoms with Gasteiger partial charge in [-0.05, 0) is 43.5 Å². The minimum absolute atomic E-state index is 0.0735. The van der Waals surface area contributed by atoms with Crippen molar-refractivity contribution in [1.29, 1.82) is 0 Å². The summed E-state index contributed by atoms with van der Waals surface area (Å²) in [5.41, 5.74) is 7.22. The number of hydrogen-bond donors (Lipinski definition) is 2. The van der Waals surface area contributed by atoms with Gasteiger partial charge >= 0.3 is 5.91 Å². The van der Waals surface area contributed by atoms with Gasteiger partial charge in [0.05, 0.1) is 17.1 Å². The number of sulfonamides is 1. The number of carbonyl (C=O) groups excluding carboxylic acids is 2. The Morgan fingerprint density at radius 2 is 1.68 bits per heavy atom. The summed E-state index contributed by atoms with van der Waals surface area (Å²) in [6.07, 6.45) is 0. The van der Waals surface area contributed by atoms with Crippen LogP contribution < -0.4 is 10.9 Å². The maximum absolute atomic E-state index is 12.6. The number of hydrogen-bond acceptors (Lipinski definition) is 6. The first kappa shape index (κ1) is 25.1. The third kappa shape index (κ3) is 5.49. The van der Waals surface area contributed by atoms with Gasteiger partial charge in [-0.2, -0.15) is 4.31 Å². The zero-order valence-corrected chi connectivity index (χ0v) is 20.5. The second-order valence-electron chi connectivity index (χ2n) is 8.18. The molecule has 180 valence electrons. The fourth-order valence-electron chi connectivity index (χ4n) is 3.28. The summed E-state index contributed by atoms with van der Waals surface area (Å²) in [4.78, 5) is 29.0. The van der Waals surface area contributed by atoms with Crippen molar-refractivity contribution in [1.82, 2.24) is 29.9 Å². The van der Waals surface area contributed by atoms with Gasteiger partial charge in [-0.15, -0.1) is 5.10 Å². The fraction of sp³-hybridized carbons (Fsp3) is 0.304. The van der Waals surface area contributed by atoms with E-state index in [1.165, 1.54) is 19.2 Å². The fourth-order valence-corrected chi connectivity index (χ4v) is 4.41. The molecule has 11 heteroatoms. The molecule has 0 saturated carbocycles. The number of hydrazine groups is 1. The van der Waals surface area contributed by atoms with Crippen LogP contribution in [-0.4, -0.2) is 52.9 Å². The Labute approximate surface area is 199 Å². The molecule has 0 saturated heterocycles. The Kier molecular flexibility index (Phi) is 7.48. The van der Waals surface area contributed by atoms with Crippen LogP contribution in [0.4, 0.5) is 0 Å². The minimum atomic E-state index is -3.85. The normalized spacial score (nSPS) is 11.6. The first-order valence-corrected chi connectivity index (χ1v) is 12.1. The molecule has 1 heterocycles. The van der Waals surface area contributed by atoms with Crippen LogP contribution in [0.1, 0.15) is 47.3 Å². The monoisotopic (exact) mass is 484 g/mol. The van der Waals surface area contributed by atoms with Crippen LogP contribution in [0.5, 0.6) is 0 Å². The lowest BCUT2D eigenvalue weighted by Crippen LogP contribution is -2.47. The van der Waals surface area contributed by atoms with Crippen LogP contribution in [-0.2, 0) is 14.8 Å². The second kappa shape index (κ2) is 10.1. The van der Waals surface area contributed by atoms with Gasteiger partial charge in [-0.3, -0.25) is 20.4 Å². The van der Waals surface area contributed by atoms with E-state index in [0.717, 1.165) is 21.1 Å². The maximum atomic E-state index is 12.6. The van der Waals surface area contributed by atoms with E-state index in [9.17, 15) is 18.0 Å². The first-order chi connectivity index (χ1) is 16.0. The van der Waals surface area contributed by atoms with Crippen molar-refractivity contribution in [3.8, 4) is 5.69 Å².